The summed E-state index contributed by atoms with van der Waals surface area (Å²) in [5.41, 5.74) is 0.985. The zero-order chi connectivity index (χ0) is 12.6. The monoisotopic (exact) mass is 236 g/mol. The molecule has 4 heteroatoms. The van der Waals surface area contributed by atoms with Gasteiger partial charge in [0.1, 0.15) is 11.4 Å². The van der Waals surface area contributed by atoms with Crippen LogP contribution in [0.25, 0.3) is 0 Å². The first-order valence-corrected chi connectivity index (χ1v) is 6.23. The fraction of sp³-hybridized carbons (Fsp3) is 0.692. The number of hydrogen-bond acceptors (Lipinski definition) is 3. The second-order valence-electron chi connectivity index (χ2n) is 5.58. The van der Waals surface area contributed by atoms with Gasteiger partial charge in [0.05, 0.1) is 5.69 Å². The van der Waals surface area contributed by atoms with Gasteiger partial charge in [0, 0.05) is 12.3 Å². The molecule has 1 aliphatic carbocycles. The molecule has 0 bridgehead atoms. The molecule has 1 fully saturated rings. The van der Waals surface area contributed by atoms with Crippen molar-refractivity contribution in [3.8, 4) is 0 Å². The molecule has 1 N–H and O–H groups in total. The SMILES string of the molecule is CCc1nc(C(=O)OC(C)(C)C)c(C2CC2)[nH]1. The molecule has 1 heterocycles. The Balaban J connectivity index is 2.24. The zero-order valence-electron chi connectivity index (χ0n) is 11.0. The Bertz CT molecular complexity index is 425. The first kappa shape index (κ1) is 12.1. The lowest BCUT2D eigenvalue weighted by molar-refractivity contribution is 0.00620. The third kappa shape index (κ3) is 2.87. The van der Waals surface area contributed by atoms with Crippen molar-refractivity contribution in [1.29, 1.82) is 0 Å². The summed E-state index contributed by atoms with van der Waals surface area (Å²) in [6.45, 7) is 7.63. The van der Waals surface area contributed by atoms with Crippen LogP contribution in [0.15, 0.2) is 0 Å². The van der Waals surface area contributed by atoms with Gasteiger partial charge in [-0.15, -0.1) is 0 Å². The lowest BCUT2D eigenvalue weighted by atomic mass is 10.2. The number of ether oxygens (including phenoxy) is 1. The molecule has 0 radical (unpaired) electrons. The first-order valence-electron chi connectivity index (χ1n) is 6.23. The number of nitrogens with zero attached hydrogens (tertiary/aromatic N) is 1. The summed E-state index contributed by atoms with van der Waals surface area (Å²) in [4.78, 5) is 19.6. The molecular weight excluding hydrogens is 216 g/mol. The lowest BCUT2D eigenvalue weighted by Crippen LogP contribution is -2.24. The molecule has 1 aromatic heterocycles. The number of aryl methyl sites for hydroxylation is 1. The van der Waals surface area contributed by atoms with Gasteiger partial charge in [-0.2, -0.15) is 0 Å². The molecule has 17 heavy (non-hydrogen) atoms. The van der Waals surface area contributed by atoms with Crippen LogP contribution in [0.3, 0.4) is 0 Å². The molecule has 0 aliphatic heterocycles. The van der Waals surface area contributed by atoms with Gasteiger partial charge in [-0.25, -0.2) is 9.78 Å². The fourth-order valence-electron chi connectivity index (χ4n) is 1.75. The number of carbonyl (C=O) groups is 1. The highest BCUT2D eigenvalue weighted by molar-refractivity contribution is 5.89. The average Bonchev–Trinajstić information content (AvgIpc) is 2.95. The van der Waals surface area contributed by atoms with Crippen molar-refractivity contribution in [3.63, 3.8) is 0 Å². The Morgan fingerprint density at radius 3 is 2.59 bits per heavy atom. The Labute approximate surface area is 102 Å². The van der Waals surface area contributed by atoms with Gasteiger partial charge < -0.3 is 9.72 Å². The van der Waals surface area contributed by atoms with E-state index in [9.17, 15) is 4.79 Å². The molecule has 0 unspecified atom stereocenters. The van der Waals surface area contributed by atoms with Gasteiger partial charge in [-0.05, 0) is 33.6 Å². The van der Waals surface area contributed by atoms with E-state index in [0.29, 0.717) is 11.6 Å². The van der Waals surface area contributed by atoms with Crippen LogP contribution in [-0.2, 0) is 11.2 Å². The number of imidazole rings is 1. The van der Waals surface area contributed by atoms with Crippen molar-refractivity contribution in [2.45, 2.75) is 58.5 Å². The quantitative estimate of drug-likeness (QED) is 0.821. The molecular formula is C13H20N2O2. The number of esters is 1. The summed E-state index contributed by atoms with van der Waals surface area (Å²) in [6.07, 6.45) is 3.09. The number of H-pyrrole nitrogens is 1. The molecule has 1 saturated carbocycles. The van der Waals surface area contributed by atoms with Crippen molar-refractivity contribution in [3.05, 3.63) is 17.2 Å². The lowest BCUT2D eigenvalue weighted by Gasteiger charge is -2.18. The van der Waals surface area contributed by atoms with E-state index in [1.165, 1.54) is 0 Å². The number of rotatable bonds is 3. The van der Waals surface area contributed by atoms with Crippen molar-refractivity contribution >= 4 is 5.97 Å². The minimum atomic E-state index is -0.469. The molecule has 0 spiro atoms. The van der Waals surface area contributed by atoms with Gasteiger partial charge in [0.2, 0.25) is 0 Å². The smallest absolute Gasteiger partial charge is 0.359 e. The molecule has 1 aromatic rings. The number of aromatic nitrogens is 2. The highest BCUT2D eigenvalue weighted by Gasteiger charge is 2.33. The third-order valence-electron chi connectivity index (χ3n) is 2.69. The van der Waals surface area contributed by atoms with E-state index in [2.05, 4.69) is 9.97 Å². The van der Waals surface area contributed by atoms with Crippen LogP contribution < -0.4 is 0 Å². The highest BCUT2D eigenvalue weighted by atomic mass is 16.6. The summed E-state index contributed by atoms with van der Waals surface area (Å²) in [7, 11) is 0. The van der Waals surface area contributed by atoms with Crippen LogP contribution in [0.5, 0.6) is 0 Å². The van der Waals surface area contributed by atoms with Crippen LogP contribution in [0.2, 0.25) is 0 Å². The topological polar surface area (TPSA) is 55.0 Å². The van der Waals surface area contributed by atoms with E-state index in [0.717, 1.165) is 30.8 Å². The average molecular weight is 236 g/mol. The first-order chi connectivity index (χ1) is 7.90. The Kier molecular flexibility index (Phi) is 2.98. The maximum atomic E-state index is 12.0. The molecule has 0 atom stereocenters. The van der Waals surface area contributed by atoms with Gasteiger partial charge in [-0.3, -0.25) is 0 Å². The fourth-order valence-corrected chi connectivity index (χ4v) is 1.75. The van der Waals surface area contributed by atoms with Crippen LogP contribution >= 0.6 is 0 Å². The van der Waals surface area contributed by atoms with Gasteiger partial charge in [0.25, 0.3) is 0 Å². The normalized spacial score (nSPS) is 16.0. The molecule has 4 nitrogen and oxygen atoms in total. The number of nitrogens with one attached hydrogen (secondary N) is 1. The van der Waals surface area contributed by atoms with E-state index >= 15 is 0 Å². The molecule has 0 aromatic carbocycles. The molecule has 0 amide bonds. The highest BCUT2D eigenvalue weighted by Crippen LogP contribution is 2.41. The summed E-state index contributed by atoms with van der Waals surface area (Å²) in [5.74, 6) is 1.04. The third-order valence-corrected chi connectivity index (χ3v) is 2.69. The van der Waals surface area contributed by atoms with E-state index < -0.39 is 5.60 Å². The van der Waals surface area contributed by atoms with Gasteiger partial charge >= 0.3 is 5.97 Å². The van der Waals surface area contributed by atoms with E-state index in [-0.39, 0.29) is 5.97 Å². The second-order valence-corrected chi connectivity index (χ2v) is 5.58. The van der Waals surface area contributed by atoms with Crippen molar-refractivity contribution in [2.24, 2.45) is 0 Å². The Morgan fingerprint density at radius 1 is 1.47 bits per heavy atom. The molecule has 1 aliphatic rings. The molecule has 94 valence electrons. The van der Waals surface area contributed by atoms with E-state index in [4.69, 9.17) is 4.74 Å². The predicted molar refractivity (Wildman–Crippen MR) is 65.1 cm³/mol. The summed E-state index contributed by atoms with van der Waals surface area (Å²) in [5, 5.41) is 0. The van der Waals surface area contributed by atoms with Crippen molar-refractivity contribution < 1.29 is 9.53 Å². The summed E-state index contributed by atoms with van der Waals surface area (Å²) >= 11 is 0. The summed E-state index contributed by atoms with van der Waals surface area (Å²) in [6, 6.07) is 0. The van der Waals surface area contributed by atoms with Crippen LogP contribution in [-0.4, -0.2) is 21.5 Å². The van der Waals surface area contributed by atoms with E-state index in [1.54, 1.807) is 0 Å². The largest absolute Gasteiger partial charge is 0.455 e. The molecule has 2 rings (SSSR count). The Morgan fingerprint density at radius 2 is 2.12 bits per heavy atom. The number of hydrogen-bond donors (Lipinski definition) is 1. The Hall–Kier alpha value is -1.32. The zero-order valence-corrected chi connectivity index (χ0v) is 11.0. The minimum Gasteiger partial charge on any atom is -0.455 e. The van der Waals surface area contributed by atoms with Crippen LogP contribution in [0, 0.1) is 0 Å². The van der Waals surface area contributed by atoms with Crippen LogP contribution in [0.1, 0.15) is 68.5 Å². The maximum Gasteiger partial charge on any atom is 0.359 e. The second kappa shape index (κ2) is 4.17. The van der Waals surface area contributed by atoms with Crippen LogP contribution in [0.4, 0.5) is 0 Å². The summed E-state index contributed by atoms with van der Waals surface area (Å²) < 4.78 is 5.38. The maximum absolute atomic E-state index is 12.0. The van der Waals surface area contributed by atoms with Gasteiger partial charge in [0.15, 0.2) is 5.69 Å². The number of aromatic amines is 1. The van der Waals surface area contributed by atoms with Gasteiger partial charge in [-0.1, -0.05) is 6.92 Å². The molecule has 0 saturated heterocycles. The minimum absolute atomic E-state index is 0.310. The van der Waals surface area contributed by atoms with Crippen molar-refractivity contribution in [2.75, 3.05) is 0 Å². The van der Waals surface area contributed by atoms with E-state index in [1.807, 2.05) is 27.7 Å². The number of carbonyl (C=O) groups excluding carboxylic acids is 1. The standard InChI is InChI=1S/C13H20N2O2/c1-5-9-14-10(8-6-7-8)11(15-9)12(16)17-13(2,3)4/h8H,5-7H2,1-4H3,(H,14,15). The van der Waals surface area contributed by atoms with Crippen molar-refractivity contribution in [1.82, 2.24) is 9.97 Å². The predicted octanol–water partition coefficient (Wildman–Crippen LogP) is 2.80.